The minimum Gasteiger partial charge on any atom is -0.392 e. The molecule has 0 radical (unpaired) electrons. The van der Waals surface area contributed by atoms with Crippen LogP contribution in [0.25, 0.3) is 0 Å². The van der Waals surface area contributed by atoms with Gasteiger partial charge in [-0.2, -0.15) is 0 Å². The molecule has 0 saturated heterocycles. The lowest BCUT2D eigenvalue weighted by Crippen LogP contribution is -2.20. The molecular formula is C12H18N2O. The summed E-state index contributed by atoms with van der Waals surface area (Å²) in [6.45, 7) is 8.61. The van der Waals surface area contributed by atoms with Gasteiger partial charge in [-0.3, -0.25) is 0 Å². The highest BCUT2D eigenvalue weighted by Crippen LogP contribution is 2.14. The zero-order valence-electron chi connectivity index (χ0n) is 9.62. The summed E-state index contributed by atoms with van der Waals surface area (Å²) < 4.78 is 0. The standard InChI is InChI=1S/C12H18N2O/c1-9(2)7-14(4)12-6-11(8-15)5-10(3)13-12/h5-6,15H,1,7-8H2,2-4H3. The van der Waals surface area contributed by atoms with E-state index >= 15 is 0 Å². The number of aromatic nitrogens is 1. The highest BCUT2D eigenvalue weighted by atomic mass is 16.3. The molecule has 0 aliphatic heterocycles. The molecule has 0 atom stereocenters. The van der Waals surface area contributed by atoms with Crippen molar-refractivity contribution in [3.8, 4) is 0 Å². The van der Waals surface area contributed by atoms with Gasteiger partial charge in [-0.25, -0.2) is 4.98 Å². The quantitative estimate of drug-likeness (QED) is 0.764. The molecule has 1 aromatic rings. The molecule has 3 nitrogen and oxygen atoms in total. The van der Waals surface area contributed by atoms with Crippen molar-refractivity contribution >= 4 is 5.82 Å². The van der Waals surface area contributed by atoms with Gasteiger partial charge in [0.15, 0.2) is 0 Å². The lowest BCUT2D eigenvalue weighted by atomic mass is 10.2. The molecule has 82 valence electrons. The number of rotatable bonds is 4. The topological polar surface area (TPSA) is 36.4 Å². The summed E-state index contributed by atoms with van der Waals surface area (Å²) in [5, 5.41) is 9.09. The maximum absolute atomic E-state index is 9.09. The van der Waals surface area contributed by atoms with Crippen molar-refractivity contribution in [3.63, 3.8) is 0 Å². The fraction of sp³-hybridized carbons (Fsp3) is 0.417. The van der Waals surface area contributed by atoms with Gasteiger partial charge in [0.2, 0.25) is 0 Å². The zero-order chi connectivity index (χ0) is 11.4. The van der Waals surface area contributed by atoms with Crippen LogP contribution in [-0.2, 0) is 6.61 Å². The molecule has 1 aromatic heterocycles. The monoisotopic (exact) mass is 206 g/mol. The summed E-state index contributed by atoms with van der Waals surface area (Å²) >= 11 is 0. The first-order chi connectivity index (χ1) is 7.02. The average Bonchev–Trinajstić information content (AvgIpc) is 2.15. The number of aliphatic hydroxyl groups is 1. The molecule has 15 heavy (non-hydrogen) atoms. The third-order valence-corrected chi connectivity index (χ3v) is 2.08. The number of pyridine rings is 1. The van der Waals surface area contributed by atoms with Crippen molar-refractivity contribution in [2.45, 2.75) is 20.5 Å². The Hall–Kier alpha value is -1.35. The van der Waals surface area contributed by atoms with Crippen LogP contribution in [-0.4, -0.2) is 23.7 Å². The van der Waals surface area contributed by atoms with Gasteiger partial charge in [0.1, 0.15) is 5.82 Å². The lowest BCUT2D eigenvalue weighted by molar-refractivity contribution is 0.281. The average molecular weight is 206 g/mol. The molecule has 1 heterocycles. The Morgan fingerprint density at radius 1 is 1.53 bits per heavy atom. The van der Waals surface area contributed by atoms with Crippen LogP contribution >= 0.6 is 0 Å². The molecule has 0 aliphatic carbocycles. The van der Waals surface area contributed by atoms with E-state index in [1.165, 1.54) is 0 Å². The maximum Gasteiger partial charge on any atom is 0.129 e. The second-order valence-corrected chi connectivity index (χ2v) is 3.95. The van der Waals surface area contributed by atoms with E-state index in [1.807, 2.05) is 37.9 Å². The molecule has 0 fully saturated rings. The summed E-state index contributed by atoms with van der Waals surface area (Å²) in [7, 11) is 1.97. The summed E-state index contributed by atoms with van der Waals surface area (Å²) in [4.78, 5) is 6.43. The summed E-state index contributed by atoms with van der Waals surface area (Å²) in [6, 6.07) is 3.79. The Morgan fingerprint density at radius 3 is 2.73 bits per heavy atom. The van der Waals surface area contributed by atoms with E-state index in [2.05, 4.69) is 11.6 Å². The normalized spacial score (nSPS) is 10.1. The number of aliphatic hydroxyl groups excluding tert-OH is 1. The largest absolute Gasteiger partial charge is 0.392 e. The second kappa shape index (κ2) is 4.94. The van der Waals surface area contributed by atoms with Crippen molar-refractivity contribution in [1.82, 2.24) is 4.98 Å². The molecule has 0 aromatic carbocycles. The van der Waals surface area contributed by atoms with Crippen molar-refractivity contribution in [1.29, 1.82) is 0 Å². The van der Waals surface area contributed by atoms with Gasteiger partial charge in [0, 0.05) is 19.3 Å². The zero-order valence-corrected chi connectivity index (χ0v) is 9.62. The van der Waals surface area contributed by atoms with E-state index in [0.29, 0.717) is 0 Å². The molecule has 1 rings (SSSR count). The maximum atomic E-state index is 9.09. The molecule has 1 N–H and O–H groups in total. The van der Waals surface area contributed by atoms with E-state index in [9.17, 15) is 0 Å². The predicted octanol–water partition coefficient (Wildman–Crippen LogP) is 1.89. The Kier molecular flexibility index (Phi) is 3.86. The van der Waals surface area contributed by atoms with Crippen LogP contribution in [0.4, 0.5) is 5.82 Å². The molecule has 0 unspecified atom stereocenters. The van der Waals surface area contributed by atoms with Gasteiger partial charge in [-0.1, -0.05) is 12.2 Å². The Balaban J connectivity index is 2.92. The van der Waals surface area contributed by atoms with Crippen LogP contribution in [0.5, 0.6) is 0 Å². The fourth-order valence-corrected chi connectivity index (χ4v) is 1.49. The SMILES string of the molecule is C=C(C)CN(C)c1cc(CO)cc(C)n1. The number of nitrogens with zero attached hydrogens (tertiary/aromatic N) is 2. The third kappa shape index (κ3) is 3.36. The van der Waals surface area contributed by atoms with E-state index in [-0.39, 0.29) is 6.61 Å². The number of hydrogen-bond acceptors (Lipinski definition) is 3. The number of aryl methyl sites for hydroxylation is 1. The van der Waals surface area contributed by atoms with Crippen LogP contribution in [0.2, 0.25) is 0 Å². The minimum atomic E-state index is 0.0528. The van der Waals surface area contributed by atoms with Crippen molar-refractivity contribution in [2.24, 2.45) is 0 Å². The molecule has 0 aliphatic rings. The first kappa shape index (κ1) is 11.7. The Labute approximate surface area is 91.1 Å². The molecule has 0 amide bonds. The van der Waals surface area contributed by atoms with Gasteiger partial charge in [0.25, 0.3) is 0 Å². The van der Waals surface area contributed by atoms with Crippen LogP contribution in [0.15, 0.2) is 24.3 Å². The van der Waals surface area contributed by atoms with Crippen molar-refractivity contribution in [2.75, 3.05) is 18.5 Å². The van der Waals surface area contributed by atoms with Crippen LogP contribution in [0.1, 0.15) is 18.2 Å². The van der Waals surface area contributed by atoms with Crippen LogP contribution in [0, 0.1) is 6.92 Å². The minimum absolute atomic E-state index is 0.0528. The molecule has 0 spiro atoms. The summed E-state index contributed by atoms with van der Waals surface area (Å²) in [5.41, 5.74) is 2.91. The Bertz CT molecular complexity index is 361. The fourth-order valence-electron chi connectivity index (χ4n) is 1.49. The number of hydrogen-bond donors (Lipinski definition) is 1. The molecule has 0 bridgehead atoms. The van der Waals surface area contributed by atoms with Gasteiger partial charge in [0.05, 0.1) is 6.61 Å². The van der Waals surface area contributed by atoms with E-state index in [1.54, 1.807) is 0 Å². The Morgan fingerprint density at radius 2 is 2.20 bits per heavy atom. The predicted molar refractivity (Wildman–Crippen MR) is 63.0 cm³/mol. The van der Waals surface area contributed by atoms with E-state index in [0.717, 1.165) is 29.2 Å². The molecule has 3 heteroatoms. The lowest BCUT2D eigenvalue weighted by Gasteiger charge is -2.19. The van der Waals surface area contributed by atoms with E-state index in [4.69, 9.17) is 5.11 Å². The van der Waals surface area contributed by atoms with Gasteiger partial charge >= 0.3 is 0 Å². The smallest absolute Gasteiger partial charge is 0.129 e. The summed E-state index contributed by atoms with van der Waals surface area (Å²) in [5.74, 6) is 0.877. The third-order valence-electron chi connectivity index (χ3n) is 2.08. The highest BCUT2D eigenvalue weighted by molar-refractivity contribution is 5.42. The van der Waals surface area contributed by atoms with Crippen LogP contribution in [0.3, 0.4) is 0 Å². The highest BCUT2D eigenvalue weighted by Gasteiger charge is 2.04. The van der Waals surface area contributed by atoms with E-state index < -0.39 is 0 Å². The van der Waals surface area contributed by atoms with Gasteiger partial charge in [-0.05, 0) is 31.5 Å². The molecule has 0 saturated carbocycles. The summed E-state index contributed by atoms with van der Waals surface area (Å²) in [6.07, 6.45) is 0. The first-order valence-electron chi connectivity index (χ1n) is 4.97. The number of likely N-dealkylation sites (N-methyl/N-ethyl adjacent to an activating group) is 1. The van der Waals surface area contributed by atoms with Crippen LogP contribution < -0.4 is 4.90 Å². The first-order valence-corrected chi connectivity index (χ1v) is 4.97. The van der Waals surface area contributed by atoms with Gasteiger partial charge in [-0.15, -0.1) is 0 Å². The second-order valence-electron chi connectivity index (χ2n) is 3.95. The molecular weight excluding hydrogens is 188 g/mol. The van der Waals surface area contributed by atoms with Gasteiger partial charge < -0.3 is 10.0 Å². The number of anilines is 1. The van der Waals surface area contributed by atoms with Crippen molar-refractivity contribution in [3.05, 3.63) is 35.5 Å². The van der Waals surface area contributed by atoms with Crippen molar-refractivity contribution < 1.29 is 5.11 Å².